The van der Waals surface area contributed by atoms with Crippen molar-refractivity contribution in [1.29, 1.82) is 0 Å². The first-order chi connectivity index (χ1) is 4.29. The monoisotopic (exact) mass is 124 g/mol. The van der Waals surface area contributed by atoms with E-state index in [1.807, 2.05) is 0 Å². The van der Waals surface area contributed by atoms with E-state index in [2.05, 4.69) is 11.3 Å². The fourth-order valence-corrected chi connectivity index (χ4v) is 0.465. The van der Waals surface area contributed by atoms with Gasteiger partial charge >= 0.3 is 0 Å². The third kappa shape index (κ3) is 0.902. The molecule has 0 aromatic rings. The van der Waals surface area contributed by atoms with Gasteiger partial charge in [0.05, 0.1) is 0 Å². The molecular weight excluding hydrogens is 120 g/mol. The minimum absolute atomic E-state index is 0.0832. The molecule has 1 fully saturated rings. The number of epoxide rings is 1. The van der Waals surface area contributed by atoms with Crippen molar-refractivity contribution < 1.29 is 14.3 Å². The van der Waals surface area contributed by atoms with Crippen molar-refractivity contribution in [2.45, 2.75) is 6.10 Å². The van der Waals surface area contributed by atoms with Crippen LogP contribution >= 0.6 is 0 Å². The molecule has 0 N–H and O–H groups in total. The summed E-state index contributed by atoms with van der Waals surface area (Å²) in [6.45, 7) is 3.22. The van der Waals surface area contributed by atoms with E-state index < -0.39 is 6.10 Å². The van der Waals surface area contributed by atoms with Gasteiger partial charge in [-0.15, -0.1) is 0 Å². The molecule has 0 amide bonds. The van der Waals surface area contributed by atoms with Crippen LogP contribution in [-0.2, 0) is 14.3 Å². The third-order valence-electron chi connectivity index (χ3n) is 0.986. The van der Waals surface area contributed by atoms with Crippen molar-refractivity contribution in [3.8, 4) is 0 Å². The fraction of sp³-hybridized carbons (Fsp3) is 0.167. The van der Waals surface area contributed by atoms with Crippen LogP contribution in [0.5, 0.6) is 0 Å². The van der Waals surface area contributed by atoms with Gasteiger partial charge in [-0.3, -0.25) is 4.79 Å². The molecule has 0 aromatic heterocycles. The first kappa shape index (κ1) is 5.79. The molecule has 3 heteroatoms. The Hall–Kier alpha value is -1.34. The minimum atomic E-state index is -0.667. The molecule has 1 heterocycles. The molecule has 0 bridgehead atoms. The Morgan fingerprint density at radius 1 is 1.89 bits per heavy atom. The van der Waals surface area contributed by atoms with Gasteiger partial charge in [-0.1, -0.05) is 6.58 Å². The molecule has 0 spiro atoms. The third-order valence-corrected chi connectivity index (χ3v) is 0.986. The van der Waals surface area contributed by atoms with E-state index in [4.69, 9.17) is 0 Å². The number of rotatable bonds is 2. The Morgan fingerprint density at radius 3 is 2.89 bits per heavy atom. The first-order valence-electron chi connectivity index (χ1n) is 2.37. The molecule has 1 atom stereocenters. The second-order valence-corrected chi connectivity index (χ2v) is 1.57. The lowest BCUT2D eigenvalue weighted by atomic mass is 10.3. The van der Waals surface area contributed by atoms with Crippen LogP contribution in [0.15, 0.2) is 18.4 Å². The highest BCUT2D eigenvalue weighted by Gasteiger charge is 2.39. The molecule has 0 aliphatic carbocycles. The normalized spacial score (nSPS) is 21.8. The first-order valence-corrected chi connectivity index (χ1v) is 2.37. The summed E-state index contributed by atoms with van der Waals surface area (Å²) in [6.07, 6.45) is 0.453. The summed E-state index contributed by atoms with van der Waals surface area (Å²) in [4.78, 5) is 20.2. The van der Waals surface area contributed by atoms with Crippen LogP contribution < -0.4 is 0 Å². The predicted octanol–water partition coefficient (Wildman–Crippen LogP) is -0.144. The molecule has 1 rings (SSSR count). The van der Waals surface area contributed by atoms with Crippen LogP contribution in [-0.4, -0.2) is 17.8 Å². The average Bonchev–Trinajstić information content (AvgIpc) is 2.64. The topological polar surface area (TPSA) is 46.7 Å². The Labute approximate surface area is 51.6 Å². The van der Waals surface area contributed by atoms with Crippen LogP contribution in [0.4, 0.5) is 0 Å². The summed E-state index contributed by atoms with van der Waals surface area (Å²) in [5.74, 6) is 1.28. The summed E-state index contributed by atoms with van der Waals surface area (Å²) in [5, 5.41) is 0. The summed E-state index contributed by atoms with van der Waals surface area (Å²) in [5.41, 5.74) is 0. The van der Waals surface area contributed by atoms with E-state index in [-0.39, 0.29) is 11.5 Å². The number of carbonyl (C=O) groups is 1. The Kier molecular flexibility index (Phi) is 1.21. The SMILES string of the molecule is C=CC(=O)C1OC1=C=O. The summed E-state index contributed by atoms with van der Waals surface area (Å²) >= 11 is 0. The molecule has 3 nitrogen and oxygen atoms in total. The van der Waals surface area contributed by atoms with E-state index in [1.165, 1.54) is 5.94 Å². The molecular formula is C6H4O3. The van der Waals surface area contributed by atoms with Crippen molar-refractivity contribution in [3.63, 3.8) is 0 Å². The van der Waals surface area contributed by atoms with Crippen LogP contribution in [0, 0.1) is 0 Å². The maximum atomic E-state index is 10.5. The van der Waals surface area contributed by atoms with Gasteiger partial charge in [0.1, 0.15) is 0 Å². The Bertz CT molecular complexity index is 210. The highest BCUT2D eigenvalue weighted by atomic mass is 16.6. The van der Waals surface area contributed by atoms with Crippen LogP contribution in [0.3, 0.4) is 0 Å². The molecule has 9 heavy (non-hydrogen) atoms. The van der Waals surface area contributed by atoms with Gasteiger partial charge in [0.2, 0.25) is 17.6 Å². The van der Waals surface area contributed by atoms with Gasteiger partial charge in [0.15, 0.2) is 5.94 Å². The Balaban J connectivity index is 2.62. The maximum Gasteiger partial charge on any atom is 0.230 e. The second kappa shape index (κ2) is 1.88. The summed E-state index contributed by atoms with van der Waals surface area (Å²) in [7, 11) is 0. The van der Waals surface area contributed by atoms with Gasteiger partial charge in [0, 0.05) is 0 Å². The van der Waals surface area contributed by atoms with E-state index in [1.54, 1.807) is 0 Å². The van der Waals surface area contributed by atoms with Crippen LogP contribution in [0.1, 0.15) is 0 Å². The predicted molar refractivity (Wildman–Crippen MR) is 29.3 cm³/mol. The highest BCUT2D eigenvalue weighted by Crippen LogP contribution is 2.24. The number of ether oxygens (including phenoxy) is 1. The molecule has 1 aliphatic heterocycles. The number of hydrogen-bond donors (Lipinski definition) is 0. The molecule has 1 saturated heterocycles. The summed E-state index contributed by atoms with van der Waals surface area (Å²) < 4.78 is 4.49. The zero-order valence-electron chi connectivity index (χ0n) is 4.59. The molecule has 1 unspecified atom stereocenters. The molecule has 0 aromatic carbocycles. The zero-order valence-corrected chi connectivity index (χ0v) is 4.59. The Morgan fingerprint density at radius 2 is 2.56 bits per heavy atom. The average molecular weight is 124 g/mol. The number of ketones is 1. The van der Waals surface area contributed by atoms with Crippen LogP contribution in [0.25, 0.3) is 0 Å². The minimum Gasteiger partial charge on any atom is -0.462 e. The largest absolute Gasteiger partial charge is 0.462 e. The van der Waals surface area contributed by atoms with Gasteiger partial charge in [-0.25, -0.2) is 4.79 Å². The number of carbonyl (C=O) groups excluding carboxylic acids is 2. The zero-order chi connectivity index (χ0) is 6.85. The second-order valence-electron chi connectivity index (χ2n) is 1.57. The van der Waals surface area contributed by atoms with E-state index in [9.17, 15) is 9.59 Å². The molecule has 0 saturated carbocycles. The lowest BCUT2D eigenvalue weighted by Gasteiger charge is -1.74. The van der Waals surface area contributed by atoms with Gasteiger partial charge in [-0.2, -0.15) is 0 Å². The highest BCUT2D eigenvalue weighted by molar-refractivity contribution is 5.99. The van der Waals surface area contributed by atoms with E-state index in [0.29, 0.717) is 0 Å². The smallest absolute Gasteiger partial charge is 0.230 e. The fourth-order valence-electron chi connectivity index (χ4n) is 0.465. The quantitative estimate of drug-likeness (QED) is 0.292. The molecule has 0 radical (unpaired) electrons. The van der Waals surface area contributed by atoms with E-state index >= 15 is 0 Å². The van der Waals surface area contributed by atoms with Crippen molar-refractivity contribution >= 4 is 11.7 Å². The standard InChI is InChI=1S/C6H4O3/c1-2-4(8)6-5(3-7)9-6/h2,6H,1H2. The van der Waals surface area contributed by atoms with Gasteiger partial charge in [-0.05, 0) is 6.08 Å². The van der Waals surface area contributed by atoms with Crippen molar-refractivity contribution in [2.24, 2.45) is 0 Å². The maximum absolute atomic E-state index is 10.5. The lowest BCUT2D eigenvalue weighted by Crippen LogP contribution is -1.99. The van der Waals surface area contributed by atoms with Gasteiger partial charge < -0.3 is 4.74 Å². The van der Waals surface area contributed by atoms with Crippen molar-refractivity contribution in [3.05, 3.63) is 18.4 Å². The van der Waals surface area contributed by atoms with Crippen LogP contribution in [0.2, 0.25) is 0 Å². The lowest BCUT2D eigenvalue weighted by molar-refractivity contribution is -0.115. The molecule has 46 valence electrons. The summed E-state index contributed by atoms with van der Waals surface area (Å²) in [6, 6.07) is 0. The van der Waals surface area contributed by atoms with Crippen molar-refractivity contribution in [1.82, 2.24) is 0 Å². The number of hydrogen-bond acceptors (Lipinski definition) is 3. The van der Waals surface area contributed by atoms with Crippen molar-refractivity contribution in [2.75, 3.05) is 0 Å². The van der Waals surface area contributed by atoms with E-state index in [0.717, 1.165) is 6.08 Å². The van der Waals surface area contributed by atoms with Gasteiger partial charge in [0.25, 0.3) is 0 Å². The molecule has 1 aliphatic rings.